The summed E-state index contributed by atoms with van der Waals surface area (Å²) in [5, 5.41) is 0. The van der Waals surface area contributed by atoms with Crippen molar-refractivity contribution < 1.29 is 19.1 Å². The first-order valence-corrected chi connectivity index (χ1v) is 7.48. The molecular weight excluding hydrogens is 385 g/mol. The number of halogens is 1. The number of carbonyl (C=O) groups excluding carboxylic acids is 2. The Hall–Kier alpha value is -1.31. The van der Waals surface area contributed by atoms with Gasteiger partial charge in [0.05, 0.1) is 25.2 Å². The van der Waals surface area contributed by atoms with Gasteiger partial charge in [0.1, 0.15) is 0 Å². The number of esters is 2. The summed E-state index contributed by atoms with van der Waals surface area (Å²) in [6.45, 7) is 4.18. The van der Waals surface area contributed by atoms with Crippen molar-refractivity contribution in [1.29, 1.82) is 0 Å². The Bertz CT molecular complexity index is 542. The Balaban J connectivity index is 2.96. The molecule has 0 unspecified atom stereocenters. The van der Waals surface area contributed by atoms with E-state index in [4.69, 9.17) is 9.47 Å². The second-order valence-corrected chi connectivity index (χ2v) is 6.55. The minimum atomic E-state index is -0.617. The zero-order valence-electron chi connectivity index (χ0n) is 12.9. The van der Waals surface area contributed by atoms with Gasteiger partial charge in [0.15, 0.2) is 0 Å². The lowest BCUT2D eigenvalue weighted by Gasteiger charge is -2.30. The monoisotopic (exact) mass is 405 g/mol. The molecule has 0 amide bonds. The Labute approximate surface area is 138 Å². The van der Waals surface area contributed by atoms with E-state index in [1.165, 1.54) is 14.2 Å². The van der Waals surface area contributed by atoms with Crippen molar-refractivity contribution in [1.82, 2.24) is 0 Å². The molecule has 0 saturated carbocycles. The number of hydrogen-bond donors (Lipinski definition) is 0. The summed E-state index contributed by atoms with van der Waals surface area (Å²) in [5.74, 6) is -0.618. The molecule has 6 heteroatoms. The van der Waals surface area contributed by atoms with Crippen LogP contribution in [0.4, 0.5) is 5.69 Å². The highest BCUT2D eigenvalue weighted by atomic mass is 127. The van der Waals surface area contributed by atoms with E-state index >= 15 is 0 Å². The molecule has 0 heterocycles. The highest BCUT2D eigenvalue weighted by molar-refractivity contribution is 14.1. The summed E-state index contributed by atoms with van der Waals surface area (Å²) in [4.78, 5) is 25.2. The van der Waals surface area contributed by atoms with Crippen LogP contribution in [-0.4, -0.2) is 39.8 Å². The zero-order chi connectivity index (χ0) is 16.2. The second kappa shape index (κ2) is 7.11. The van der Waals surface area contributed by atoms with Crippen LogP contribution in [0.25, 0.3) is 0 Å². The SMILES string of the molecule is COC(=O)c1ccc(N(C)CC(C)(C)C(=O)OC)c(I)c1. The molecule has 116 valence electrons. The second-order valence-electron chi connectivity index (χ2n) is 5.39. The molecule has 0 spiro atoms. The van der Waals surface area contributed by atoms with Gasteiger partial charge in [0, 0.05) is 22.8 Å². The number of methoxy groups -OCH3 is 2. The fourth-order valence-electron chi connectivity index (χ4n) is 2.08. The van der Waals surface area contributed by atoms with E-state index in [-0.39, 0.29) is 11.9 Å². The van der Waals surface area contributed by atoms with Gasteiger partial charge in [0.2, 0.25) is 0 Å². The van der Waals surface area contributed by atoms with Gasteiger partial charge >= 0.3 is 11.9 Å². The quantitative estimate of drug-likeness (QED) is 0.557. The van der Waals surface area contributed by atoms with Crippen molar-refractivity contribution in [3.8, 4) is 0 Å². The Morgan fingerprint density at radius 3 is 2.33 bits per heavy atom. The fourth-order valence-corrected chi connectivity index (χ4v) is 3.01. The number of anilines is 1. The average Bonchev–Trinajstić information content (AvgIpc) is 2.44. The minimum absolute atomic E-state index is 0.254. The smallest absolute Gasteiger partial charge is 0.337 e. The standard InChI is InChI=1S/C15H20INO4/c1-15(2,14(19)21-5)9-17(3)12-7-6-10(8-11(12)16)13(18)20-4/h6-8H,9H2,1-5H3. The van der Waals surface area contributed by atoms with Crippen LogP contribution in [0, 0.1) is 8.99 Å². The zero-order valence-corrected chi connectivity index (χ0v) is 15.1. The van der Waals surface area contributed by atoms with E-state index in [1.54, 1.807) is 12.1 Å². The molecule has 0 fully saturated rings. The van der Waals surface area contributed by atoms with E-state index in [0.717, 1.165) is 9.26 Å². The molecule has 0 aliphatic carbocycles. The number of hydrogen-bond acceptors (Lipinski definition) is 5. The largest absolute Gasteiger partial charge is 0.469 e. The number of rotatable bonds is 5. The van der Waals surface area contributed by atoms with Crippen LogP contribution in [0.1, 0.15) is 24.2 Å². The first-order valence-electron chi connectivity index (χ1n) is 6.40. The van der Waals surface area contributed by atoms with Crippen LogP contribution in [0.15, 0.2) is 18.2 Å². The summed E-state index contributed by atoms with van der Waals surface area (Å²) in [7, 11) is 4.65. The fraction of sp³-hybridized carbons (Fsp3) is 0.467. The number of carbonyl (C=O) groups is 2. The van der Waals surface area contributed by atoms with Crippen LogP contribution < -0.4 is 4.90 Å². The third-order valence-corrected chi connectivity index (χ3v) is 4.01. The molecular formula is C15H20INO4. The predicted octanol–water partition coefficient (Wildman–Crippen LogP) is 2.71. The third kappa shape index (κ3) is 4.33. The van der Waals surface area contributed by atoms with Crippen molar-refractivity contribution in [3.05, 3.63) is 27.3 Å². The molecule has 1 aromatic rings. The highest BCUT2D eigenvalue weighted by Crippen LogP contribution is 2.27. The first kappa shape index (κ1) is 17.7. The lowest BCUT2D eigenvalue weighted by Crippen LogP contribution is -2.38. The van der Waals surface area contributed by atoms with Crippen molar-refractivity contribution in [2.24, 2.45) is 5.41 Å². The normalized spacial score (nSPS) is 11.0. The summed E-state index contributed by atoms with van der Waals surface area (Å²) in [5.41, 5.74) is 0.833. The molecule has 0 aliphatic heterocycles. The topological polar surface area (TPSA) is 55.8 Å². The van der Waals surface area contributed by atoms with E-state index in [2.05, 4.69) is 22.6 Å². The number of benzene rings is 1. The molecule has 0 N–H and O–H groups in total. The molecule has 0 atom stereocenters. The van der Waals surface area contributed by atoms with Crippen molar-refractivity contribution in [3.63, 3.8) is 0 Å². The molecule has 0 aliphatic rings. The lowest BCUT2D eigenvalue weighted by atomic mass is 9.93. The molecule has 21 heavy (non-hydrogen) atoms. The van der Waals surface area contributed by atoms with Gasteiger partial charge in [-0.2, -0.15) is 0 Å². The number of ether oxygens (including phenoxy) is 2. The van der Waals surface area contributed by atoms with Gasteiger partial charge in [0.25, 0.3) is 0 Å². The van der Waals surface area contributed by atoms with E-state index in [0.29, 0.717) is 12.1 Å². The van der Waals surface area contributed by atoms with Crippen LogP contribution in [-0.2, 0) is 14.3 Å². The third-order valence-electron chi connectivity index (χ3n) is 3.15. The van der Waals surface area contributed by atoms with Crippen molar-refractivity contribution >= 4 is 40.2 Å². The molecule has 0 bridgehead atoms. The lowest BCUT2D eigenvalue weighted by molar-refractivity contribution is -0.150. The Kier molecular flexibility index (Phi) is 6.00. The first-order chi connectivity index (χ1) is 9.72. The minimum Gasteiger partial charge on any atom is -0.469 e. The molecule has 1 aromatic carbocycles. The Morgan fingerprint density at radius 1 is 1.24 bits per heavy atom. The summed E-state index contributed by atoms with van der Waals surface area (Å²) < 4.78 is 10.4. The molecule has 0 radical (unpaired) electrons. The molecule has 0 saturated heterocycles. The van der Waals surface area contributed by atoms with Crippen molar-refractivity contribution in [2.45, 2.75) is 13.8 Å². The van der Waals surface area contributed by atoms with Crippen LogP contribution in [0.2, 0.25) is 0 Å². The predicted molar refractivity (Wildman–Crippen MR) is 89.6 cm³/mol. The van der Waals surface area contributed by atoms with Crippen molar-refractivity contribution in [2.75, 3.05) is 32.7 Å². The number of nitrogens with zero attached hydrogens (tertiary/aromatic N) is 1. The molecule has 0 aromatic heterocycles. The summed E-state index contributed by atoms with van der Waals surface area (Å²) >= 11 is 2.16. The maximum atomic E-state index is 11.8. The van der Waals surface area contributed by atoms with E-state index in [9.17, 15) is 9.59 Å². The van der Waals surface area contributed by atoms with E-state index < -0.39 is 5.41 Å². The van der Waals surface area contributed by atoms with Gasteiger partial charge in [-0.3, -0.25) is 4.79 Å². The maximum absolute atomic E-state index is 11.8. The van der Waals surface area contributed by atoms with Gasteiger partial charge < -0.3 is 14.4 Å². The maximum Gasteiger partial charge on any atom is 0.337 e. The molecule has 5 nitrogen and oxygen atoms in total. The van der Waals surface area contributed by atoms with Crippen LogP contribution in [0.3, 0.4) is 0 Å². The van der Waals surface area contributed by atoms with Gasteiger partial charge in [-0.05, 0) is 54.6 Å². The Morgan fingerprint density at radius 2 is 1.86 bits per heavy atom. The van der Waals surface area contributed by atoms with Crippen LogP contribution >= 0.6 is 22.6 Å². The van der Waals surface area contributed by atoms with Gasteiger partial charge in [-0.25, -0.2) is 4.79 Å². The van der Waals surface area contributed by atoms with E-state index in [1.807, 2.05) is 31.9 Å². The highest BCUT2D eigenvalue weighted by Gasteiger charge is 2.30. The van der Waals surface area contributed by atoms with Crippen LogP contribution in [0.5, 0.6) is 0 Å². The molecule has 1 rings (SSSR count). The van der Waals surface area contributed by atoms with Gasteiger partial charge in [-0.1, -0.05) is 0 Å². The average molecular weight is 405 g/mol. The van der Waals surface area contributed by atoms with Gasteiger partial charge in [-0.15, -0.1) is 0 Å². The summed E-state index contributed by atoms with van der Waals surface area (Å²) in [6.07, 6.45) is 0. The summed E-state index contributed by atoms with van der Waals surface area (Å²) in [6, 6.07) is 5.33.